The van der Waals surface area contributed by atoms with E-state index in [0.717, 1.165) is 6.42 Å². The monoisotopic (exact) mass is 197 g/mol. The van der Waals surface area contributed by atoms with Gasteiger partial charge in [-0.3, -0.25) is 4.98 Å². The Morgan fingerprint density at radius 2 is 2.43 bits per heavy atom. The molecule has 4 heteroatoms. The average Bonchev–Trinajstić information content (AvgIpc) is 2.17. The van der Waals surface area contributed by atoms with Gasteiger partial charge in [0, 0.05) is 24.3 Å². The SMILES string of the molecule is CC(CCN)NCc1ccncc1F. The van der Waals surface area contributed by atoms with Gasteiger partial charge in [0.25, 0.3) is 0 Å². The number of nitrogens with two attached hydrogens (primary N) is 1. The smallest absolute Gasteiger partial charge is 0.145 e. The summed E-state index contributed by atoms with van der Waals surface area (Å²) in [4.78, 5) is 3.69. The molecule has 1 aromatic rings. The number of halogens is 1. The van der Waals surface area contributed by atoms with Gasteiger partial charge in [-0.25, -0.2) is 4.39 Å². The molecule has 0 aliphatic carbocycles. The van der Waals surface area contributed by atoms with Crippen molar-refractivity contribution < 1.29 is 4.39 Å². The van der Waals surface area contributed by atoms with Gasteiger partial charge in [-0.1, -0.05) is 0 Å². The van der Waals surface area contributed by atoms with Crippen LogP contribution in [0.3, 0.4) is 0 Å². The van der Waals surface area contributed by atoms with Gasteiger partial charge in [0.2, 0.25) is 0 Å². The van der Waals surface area contributed by atoms with Crippen molar-refractivity contribution >= 4 is 0 Å². The fourth-order valence-electron chi connectivity index (χ4n) is 1.18. The molecule has 0 amide bonds. The molecule has 0 radical (unpaired) electrons. The first-order valence-corrected chi connectivity index (χ1v) is 4.76. The summed E-state index contributed by atoms with van der Waals surface area (Å²) in [5.74, 6) is -0.264. The van der Waals surface area contributed by atoms with Crippen LogP contribution in [0.1, 0.15) is 18.9 Å². The van der Waals surface area contributed by atoms with Gasteiger partial charge in [-0.05, 0) is 26.0 Å². The molecule has 0 saturated carbocycles. The first kappa shape index (κ1) is 11.1. The summed E-state index contributed by atoms with van der Waals surface area (Å²) in [7, 11) is 0. The predicted octanol–water partition coefficient (Wildman–Crippen LogP) is 1.05. The maximum absolute atomic E-state index is 13.1. The standard InChI is InChI=1S/C10H16FN3/c1-8(2-4-12)14-6-9-3-5-13-7-10(9)11/h3,5,7-8,14H,2,4,6,12H2,1H3. The Labute approximate surface area is 83.5 Å². The number of rotatable bonds is 5. The molecular formula is C10H16FN3. The van der Waals surface area contributed by atoms with Crippen molar-refractivity contribution in [3.05, 3.63) is 29.8 Å². The van der Waals surface area contributed by atoms with E-state index < -0.39 is 0 Å². The first-order valence-electron chi connectivity index (χ1n) is 4.76. The molecule has 3 N–H and O–H groups in total. The van der Waals surface area contributed by atoms with E-state index >= 15 is 0 Å². The van der Waals surface area contributed by atoms with Crippen molar-refractivity contribution in [1.82, 2.24) is 10.3 Å². The Balaban J connectivity index is 2.41. The molecule has 0 aromatic carbocycles. The van der Waals surface area contributed by atoms with Crippen molar-refractivity contribution in [3.63, 3.8) is 0 Å². The predicted molar refractivity (Wildman–Crippen MR) is 54.2 cm³/mol. The third-order valence-electron chi connectivity index (χ3n) is 2.10. The van der Waals surface area contributed by atoms with Crippen molar-refractivity contribution in [2.24, 2.45) is 5.73 Å². The molecule has 0 saturated heterocycles. The van der Waals surface area contributed by atoms with E-state index in [1.165, 1.54) is 6.20 Å². The van der Waals surface area contributed by atoms with Crippen LogP contribution >= 0.6 is 0 Å². The first-order chi connectivity index (χ1) is 6.74. The van der Waals surface area contributed by atoms with Gasteiger partial charge in [0.1, 0.15) is 5.82 Å². The third kappa shape index (κ3) is 3.40. The molecule has 0 aliphatic rings. The maximum Gasteiger partial charge on any atom is 0.145 e. The van der Waals surface area contributed by atoms with Crippen LogP contribution in [0.15, 0.2) is 18.5 Å². The number of pyridine rings is 1. The molecule has 0 spiro atoms. The second kappa shape index (κ2) is 5.67. The zero-order valence-electron chi connectivity index (χ0n) is 8.33. The van der Waals surface area contributed by atoms with Gasteiger partial charge in [-0.15, -0.1) is 0 Å². The minimum absolute atomic E-state index is 0.264. The average molecular weight is 197 g/mol. The Morgan fingerprint density at radius 1 is 1.64 bits per heavy atom. The Hall–Kier alpha value is -1.00. The second-order valence-corrected chi connectivity index (χ2v) is 3.33. The fourth-order valence-corrected chi connectivity index (χ4v) is 1.18. The Bertz CT molecular complexity index is 278. The molecule has 1 unspecified atom stereocenters. The van der Waals surface area contributed by atoms with Crippen LogP contribution < -0.4 is 11.1 Å². The maximum atomic E-state index is 13.1. The van der Waals surface area contributed by atoms with Crippen LogP contribution in [-0.2, 0) is 6.54 Å². The van der Waals surface area contributed by atoms with Crippen LogP contribution in [0.25, 0.3) is 0 Å². The van der Waals surface area contributed by atoms with Gasteiger partial charge >= 0.3 is 0 Å². The lowest BCUT2D eigenvalue weighted by molar-refractivity contribution is 0.505. The molecule has 1 aromatic heterocycles. The van der Waals surface area contributed by atoms with Crippen LogP contribution in [0.5, 0.6) is 0 Å². The third-order valence-corrected chi connectivity index (χ3v) is 2.10. The number of hydrogen-bond donors (Lipinski definition) is 2. The molecule has 1 atom stereocenters. The van der Waals surface area contributed by atoms with Crippen molar-refractivity contribution in [2.45, 2.75) is 25.9 Å². The quantitative estimate of drug-likeness (QED) is 0.741. The summed E-state index contributed by atoms with van der Waals surface area (Å²) in [5, 5.41) is 3.19. The van der Waals surface area contributed by atoms with Crippen molar-refractivity contribution in [1.29, 1.82) is 0 Å². The summed E-state index contributed by atoms with van der Waals surface area (Å²) in [5.41, 5.74) is 6.05. The number of aromatic nitrogens is 1. The molecule has 0 aliphatic heterocycles. The van der Waals surface area contributed by atoms with E-state index in [9.17, 15) is 4.39 Å². The van der Waals surface area contributed by atoms with E-state index in [2.05, 4.69) is 10.3 Å². The second-order valence-electron chi connectivity index (χ2n) is 3.33. The molecule has 0 bridgehead atoms. The molecule has 14 heavy (non-hydrogen) atoms. The minimum atomic E-state index is -0.264. The molecule has 78 valence electrons. The number of hydrogen-bond acceptors (Lipinski definition) is 3. The summed E-state index contributed by atoms with van der Waals surface area (Å²) in [6.45, 7) is 3.20. The van der Waals surface area contributed by atoms with Crippen molar-refractivity contribution in [3.8, 4) is 0 Å². The van der Waals surface area contributed by atoms with E-state index in [-0.39, 0.29) is 5.82 Å². The summed E-state index contributed by atoms with van der Waals surface area (Å²) >= 11 is 0. The van der Waals surface area contributed by atoms with Gasteiger partial charge in [-0.2, -0.15) is 0 Å². The lowest BCUT2D eigenvalue weighted by Crippen LogP contribution is -2.28. The van der Waals surface area contributed by atoms with Gasteiger partial charge in [0.15, 0.2) is 0 Å². The normalized spacial score (nSPS) is 12.8. The minimum Gasteiger partial charge on any atom is -0.330 e. The zero-order valence-corrected chi connectivity index (χ0v) is 8.33. The highest BCUT2D eigenvalue weighted by molar-refractivity contribution is 5.12. The van der Waals surface area contributed by atoms with E-state index in [0.29, 0.717) is 24.7 Å². The molecular weight excluding hydrogens is 181 g/mol. The topological polar surface area (TPSA) is 50.9 Å². The van der Waals surface area contributed by atoms with Gasteiger partial charge in [0.05, 0.1) is 6.20 Å². The molecule has 1 heterocycles. The molecule has 3 nitrogen and oxygen atoms in total. The van der Waals surface area contributed by atoms with E-state index in [4.69, 9.17) is 5.73 Å². The highest BCUT2D eigenvalue weighted by Gasteiger charge is 2.03. The number of nitrogens with one attached hydrogen (secondary N) is 1. The summed E-state index contributed by atoms with van der Waals surface area (Å²) in [6, 6.07) is 1.99. The highest BCUT2D eigenvalue weighted by atomic mass is 19.1. The highest BCUT2D eigenvalue weighted by Crippen LogP contribution is 2.04. The lowest BCUT2D eigenvalue weighted by atomic mass is 10.2. The van der Waals surface area contributed by atoms with E-state index in [1.54, 1.807) is 12.3 Å². The van der Waals surface area contributed by atoms with Crippen LogP contribution in [-0.4, -0.2) is 17.6 Å². The molecule has 1 rings (SSSR count). The number of nitrogens with zero attached hydrogens (tertiary/aromatic N) is 1. The van der Waals surface area contributed by atoms with Gasteiger partial charge < -0.3 is 11.1 Å². The largest absolute Gasteiger partial charge is 0.330 e. The molecule has 0 fully saturated rings. The van der Waals surface area contributed by atoms with Crippen LogP contribution in [0, 0.1) is 5.82 Å². The van der Waals surface area contributed by atoms with Crippen LogP contribution in [0.4, 0.5) is 4.39 Å². The fraction of sp³-hybridized carbons (Fsp3) is 0.500. The van der Waals surface area contributed by atoms with E-state index in [1.807, 2.05) is 6.92 Å². The Kier molecular flexibility index (Phi) is 4.49. The summed E-state index contributed by atoms with van der Waals surface area (Å²) < 4.78 is 13.1. The summed E-state index contributed by atoms with van der Waals surface area (Å²) in [6.07, 6.45) is 3.71. The lowest BCUT2D eigenvalue weighted by Gasteiger charge is -2.12. The Morgan fingerprint density at radius 3 is 3.07 bits per heavy atom. The van der Waals surface area contributed by atoms with Crippen molar-refractivity contribution in [2.75, 3.05) is 6.54 Å². The van der Waals surface area contributed by atoms with Crippen LogP contribution in [0.2, 0.25) is 0 Å². The zero-order chi connectivity index (χ0) is 10.4.